The van der Waals surface area contributed by atoms with E-state index in [4.69, 9.17) is 9.47 Å². The van der Waals surface area contributed by atoms with Gasteiger partial charge < -0.3 is 16.9 Å². The smallest absolute Gasteiger partial charge is 0.166 e. The molecular weight excluding hydrogens is 432 g/mol. The van der Waals surface area contributed by atoms with E-state index >= 15 is 0 Å². The van der Waals surface area contributed by atoms with Gasteiger partial charge in [0.25, 0.3) is 0 Å². The first kappa shape index (κ1) is 23.8. The quantitative estimate of drug-likeness (QED) is 0.208. The van der Waals surface area contributed by atoms with E-state index < -0.39 is 0 Å². The zero-order chi connectivity index (χ0) is 21.6. The number of rotatable bonds is 7. The van der Waals surface area contributed by atoms with Crippen LogP contribution in [0.3, 0.4) is 0 Å². The van der Waals surface area contributed by atoms with Crippen molar-refractivity contribution in [1.29, 1.82) is 0 Å². The molecule has 0 saturated carbocycles. The Labute approximate surface area is 199 Å². The Morgan fingerprint density at radius 1 is 0.531 bits per heavy atom. The molecule has 2 nitrogen and oxygen atoms in total. The Morgan fingerprint density at radius 3 is 1.25 bits per heavy atom. The summed E-state index contributed by atoms with van der Waals surface area (Å²) in [5, 5.41) is 0. The van der Waals surface area contributed by atoms with Gasteiger partial charge in [0.1, 0.15) is 11.5 Å². The number of hydrogen-bond acceptors (Lipinski definition) is 3. The summed E-state index contributed by atoms with van der Waals surface area (Å²) in [7, 11) is 3.18. The fourth-order valence-electron chi connectivity index (χ4n) is 3.22. The van der Waals surface area contributed by atoms with E-state index in [0.29, 0.717) is 0 Å². The lowest BCUT2D eigenvalue weighted by Gasteiger charge is -2.10. The third-order valence-corrected chi connectivity index (χ3v) is 8.15. The van der Waals surface area contributed by atoms with Crippen LogP contribution < -0.4 is 9.47 Å². The van der Waals surface area contributed by atoms with Crippen molar-refractivity contribution in [1.82, 2.24) is 0 Å². The molecule has 0 unspecified atom stereocenters. The predicted molar refractivity (Wildman–Crippen MR) is 136 cm³/mol. The molecule has 0 saturated heterocycles. The lowest BCUT2D eigenvalue weighted by molar-refractivity contribution is 0.414. The lowest BCUT2D eigenvalue weighted by Crippen LogP contribution is -2.05. The van der Waals surface area contributed by atoms with Crippen molar-refractivity contribution in [2.24, 2.45) is 0 Å². The third-order valence-electron chi connectivity index (χ3n) is 4.91. The fraction of sp³-hybridized carbons (Fsp3) is 0.107. The maximum atomic E-state index is 5.35. The largest absolute Gasteiger partial charge is 0.497 e. The zero-order valence-corrected chi connectivity index (χ0v) is 20.5. The maximum Gasteiger partial charge on any atom is 0.166 e. The summed E-state index contributed by atoms with van der Waals surface area (Å²) in [4.78, 5) is 6.28. The fourth-order valence-corrected chi connectivity index (χ4v) is 6.08. The second kappa shape index (κ2) is 11.2. The van der Waals surface area contributed by atoms with Crippen molar-refractivity contribution >= 4 is 22.7 Å². The van der Waals surface area contributed by atoms with Crippen molar-refractivity contribution in [3.63, 3.8) is 0 Å². The van der Waals surface area contributed by atoms with Crippen molar-refractivity contribution in [2.45, 2.75) is 31.4 Å². The summed E-state index contributed by atoms with van der Waals surface area (Å²) in [6.45, 7) is 2.11. The van der Waals surface area contributed by atoms with Crippen molar-refractivity contribution in [3.8, 4) is 11.5 Å². The average molecular weight is 461 g/mol. The molecule has 164 valence electrons. The summed E-state index contributed by atoms with van der Waals surface area (Å²) < 4.78 is 10.7. The van der Waals surface area contributed by atoms with Crippen molar-refractivity contribution in [2.75, 3.05) is 14.2 Å². The van der Waals surface area contributed by atoms with Crippen LogP contribution in [0.25, 0.3) is 0 Å². The van der Waals surface area contributed by atoms with Gasteiger partial charge in [0, 0.05) is 9.79 Å². The number of hydrogen-bond donors (Lipinski definition) is 0. The molecule has 32 heavy (non-hydrogen) atoms. The highest BCUT2D eigenvalue weighted by atomic mass is 32.2. The van der Waals surface area contributed by atoms with Gasteiger partial charge in [-0.25, -0.2) is 0 Å². The minimum Gasteiger partial charge on any atom is -0.497 e. The van der Waals surface area contributed by atoms with Crippen molar-refractivity contribution in [3.05, 3.63) is 110 Å². The predicted octanol–water partition coefficient (Wildman–Crippen LogP) is 7.71. The standard InChI is InChI=1S/C27H25O2S2.CH3/c1-20-4-10-23(11-5-20)30-24-12-18-27(19-13-24)31(25-14-6-21(28-2)7-15-25)26-16-8-22(29-3)9-17-26;/h4-19H,1-3H3;1H3/q+1;-1. The van der Waals surface area contributed by atoms with Crippen LogP contribution in [0.4, 0.5) is 0 Å². The lowest BCUT2D eigenvalue weighted by atomic mass is 10.2. The Kier molecular flexibility index (Phi) is 8.32. The van der Waals surface area contributed by atoms with Crippen LogP contribution in [0, 0.1) is 14.4 Å². The van der Waals surface area contributed by atoms with E-state index in [2.05, 4.69) is 79.7 Å². The van der Waals surface area contributed by atoms with Gasteiger partial charge in [-0.3, -0.25) is 0 Å². The topological polar surface area (TPSA) is 18.5 Å². The summed E-state index contributed by atoms with van der Waals surface area (Å²) >= 11 is 1.79. The highest BCUT2D eigenvalue weighted by Crippen LogP contribution is 2.35. The average Bonchev–Trinajstić information content (AvgIpc) is 2.83. The molecule has 0 aliphatic heterocycles. The summed E-state index contributed by atoms with van der Waals surface area (Å²) in [6.07, 6.45) is 0. The first-order chi connectivity index (χ1) is 15.2. The van der Waals surface area contributed by atoms with Crippen LogP contribution in [-0.2, 0) is 10.9 Å². The summed E-state index contributed by atoms with van der Waals surface area (Å²) in [6, 6.07) is 34.3. The van der Waals surface area contributed by atoms with Gasteiger partial charge in [0.15, 0.2) is 14.7 Å². The van der Waals surface area contributed by atoms with Gasteiger partial charge in [0.05, 0.1) is 25.1 Å². The molecule has 0 fully saturated rings. The van der Waals surface area contributed by atoms with E-state index in [1.807, 2.05) is 24.3 Å². The normalized spacial score (nSPS) is 10.5. The van der Waals surface area contributed by atoms with Crippen LogP contribution in [-0.4, -0.2) is 14.2 Å². The Hall–Kier alpha value is -2.82. The zero-order valence-electron chi connectivity index (χ0n) is 18.9. The third kappa shape index (κ3) is 5.70. The molecule has 0 heterocycles. The van der Waals surface area contributed by atoms with Gasteiger partial charge >= 0.3 is 0 Å². The van der Waals surface area contributed by atoms with Gasteiger partial charge in [-0.15, -0.1) is 0 Å². The minimum atomic E-state index is -0.213. The van der Waals surface area contributed by atoms with Crippen LogP contribution >= 0.6 is 11.8 Å². The van der Waals surface area contributed by atoms with Crippen LogP contribution in [0.2, 0.25) is 0 Å². The SMILES string of the molecule is COc1ccc([S+](c2ccc(OC)cc2)c2ccc(Sc3ccc(C)cc3)cc2)cc1.[CH3-]. The molecule has 0 aromatic heterocycles. The van der Waals surface area contributed by atoms with E-state index in [1.165, 1.54) is 30.0 Å². The van der Waals surface area contributed by atoms with E-state index in [0.717, 1.165) is 11.5 Å². The first-order valence-corrected chi connectivity index (χ1v) is 12.1. The molecule has 0 amide bonds. The first-order valence-electron chi connectivity index (χ1n) is 10.0. The van der Waals surface area contributed by atoms with Gasteiger partial charge in [-0.1, -0.05) is 29.5 Å². The maximum absolute atomic E-state index is 5.35. The van der Waals surface area contributed by atoms with E-state index in [-0.39, 0.29) is 18.3 Å². The monoisotopic (exact) mass is 460 g/mol. The summed E-state index contributed by atoms with van der Waals surface area (Å²) in [5.74, 6) is 1.73. The molecule has 0 aliphatic carbocycles. The second-order valence-corrected chi connectivity index (χ2v) is 10.2. The molecule has 0 aliphatic rings. The number of benzene rings is 4. The molecular formula is C28H28O2S2. The molecule has 0 radical (unpaired) electrons. The highest BCUT2D eigenvalue weighted by Gasteiger charge is 2.28. The molecule has 0 bridgehead atoms. The Balaban J connectivity index is 0.00000289. The van der Waals surface area contributed by atoms with E-state index in [1.54, 1.807) is 26.0 Å². The number of ether oxygens (including phenoxy) is 2. The molecule has 4 heteroatoms. The van der Waals surface area contributed by atoms with Crippen LogP contribution in [0.15, 0.2) is 122 Å². The molecule has 0 N–H and O–H groups in total. The number of aryl methyl sites for hydroxylation is 1. The van der Waals surface area contributed by atoms with Gasteiger partial charge in [-0.2, -0.15) is 0 Å². The molecule has 4 aromatic rings. The Morgan fingerprint density at radius 2 is 0.875 bits per heavy atom. The van der Waals surface area contributed by atoms with Gasteiger partial charge in [-0.05, 0) is 91.9 Å². The Bertz CT molecular complexity index is 1060. The molecule has 0 spiro atoms. The van der Waals surface area contributed by atoms with Crippen LogP contribution in [0.1, 0.15) is 5.56 Å². The highest BCUT2D eigenvalue weighted by molar-refractivity contribution is 7.99. The summed E-state index contributed by atoms with van der Waals surface area (Å²) in [5.41, 5.74) is 1.28. The number of methoxy groups -OCH3 is 2. The minimum absolute atomic E-state index is 0. The second-order valence-electron chi connectivity index (χ2n) is 7.04. The van der Waals surface area contributed by atoms with E-state index in [9.17, 15) is 0 Å². The van der Waals surface area contributed by atoms with Crippen molar-refractivity contribution < 1.29 is 9.47 Å². The molecule has 4 rings (SSSR count). The molecule has 0 atom stereocenters. The van der Waals surface area contributed by atoms with Gasteiger partial charge in [0.2, 0.25) is 0 Å². The molecule has 4 aromatic carbocycles. The van der Waals surface area contributed by atoms with Crippen LogP contribution in [0.5, 0.6) is 11.5 Å².